The number of nitrogens with one attached hydrogen (secondary N) is 1. The molecule has 0 radical (unpaired) electrons. The number of hydrogen-bond acceptors (Lipinski definition) is 3. The van der Waals surface area contributed by atoms with Gasteiger partial charge in [0, 0.05) is 17.6 Å². The third-order valence-corrected chi connectivity index (χ3v) is 5.56. The first kappa shape index (κ1) is 22.1. The summed E-state index contributed by atoms with van der Waals surface area (Å²) in [5.74, 6) is -0.496. The standard InChI is InChI=1S/C23H26ClFN2O3/c1-16(23(29)26-20-4-2-3-5-20)27(14-17-6-8-18(24)9-7-17)22(28)15-30-21-12-10-19(25)11-13-21/h6-13,16,20H,2-5,14-15H2,1H3,(H,26,29)/t16-/m1/s1. The van der Waals surface area contributed by atoms with Gasteiger partial charge in [0.25, 0.3) is 5.91 Å². The Bertz CT molecular complexity index is 852. The zero-order chi connectivity index (χ0) is 21.5. The van der Waals surface area contributed by atoms with E-state index >= 15 is 0 Å². The van der Waals surface area contributed by atoms with Crippen molar-refractivity contribution in [3.63, 3.8) is 0 Å². The summed E-state index contributed by atoms with van der Waals surface area (Å²) in [6.45, 7) is 1.72. The van der Waals surface area contributed by atoms with Crippen molar-refractivity contribution in [1.29, 1.82) is 0 Å². The maximum atomic E-state index is 13.1. The van der Waals surface area contributed by atoms with Gasteiger partial charge in [0.05, 0.1) is 0 Å². The summed E-state index contributed by atoms with van der Waals surface area (Å²) >= 11 is 5.96. The second-order valence-corrected chi connectivity index (χ2v) is 7.99. The van der Waals surface area contributed by atoms with Crippen LogP contribution < -0.4 is 10.1 Å². The topological polar surface area (TPSA) is 58.6 Å². The van der Waals surface area contributed by atoms with Crippen molar-refractivity contribution in [2.45, 2.75) is 51.2 Å². The first-order valence-corrected chi connectivity index (χ1v) is 10.5. The normalized spacial score (nSPS) is 14.9. The van der Waals surface area contributed by atoms with Crippen LogP contribution in [0, 0.1) is 5.82 Å². The van der Waals surface area contributed by atoms with Crippen LogP contribution in [0.15, 0.2) is 48.5 Å². The van der Waals surface area contributed by atoms with Crippen LogP contribution in [0.3, 0.4) is 0 Å². The van der Waals surface area contributed by atoms with Crippen molar-refractivity contribution in [2.24, 2.45) is 0 Å². The quantitative estimate of drug-likeness (QED) is 0.675. The molecule has 1 fully saturated rings. The number of carbonyl (C=O) groups excluding carboxylic acids is 2. The predicted octanol–water partition coefficient (Wildman–Crippen LogP) is 4.33. The van der Waals surface area contributed by atoms with E-state index in [0.29, 0.717) is 10.8 Å². The molecule has 160 valence electrons. The van der Waals surface area contributed by atoms with Crippen molar-refractivity contribution in [1.82, 2.24) is 10.2 Å². The molecule has 1 saturated carbocycles. The molecule has 0 heterocycles. The molecular weight excluding hydrogens is 407 g/mol. The van der Waals surface area contributed by atoms with E-state index in [1.165, 1.54) is 29.2 Å². The molecule has 1 aliphatic rings. The zero-order valence-corrected chi connectivity index (χ0v) is 17.7. The number of hydrogen-bond donors (Lipinski definition) is 1. The molecule has 0 bridgehead atoms. The SMILES string of the molecule is C[C@H](C(=O)NC1CCCC1)N(Cc1ccc(Cl)cc1)C(=O)COc1ccc(F)cc1. The van der Waals surface area contributed by atoms with Gasteiger partial charge in [0.2, 0.25) is 5.91 Å². The van der Waals surface area contributed by atoms with E-state index in [4.69, 9.17) is 16.3 Å². The average Bonchev–Trinajstić information content (AvgIpc) is 3.25. The first-order valence-electron chi connectivity index (χ1n) is 10.1. The second kappa shape index (κ2) is 10.4. The Labute approximate surface area is 181 Å². The van der Waals surface area contributed by atoms with Gasteiger partial charge in [-0.2, -0.15) is 0 Å². The lowest BCUT2D eigenvalue weighted by molar-refractivity contribution is -0.142. The minimum absolute atomic E-state index is 0.169. The highest BCUT2D eigenvalue weighted by atomic mass is 35.5. The lowest BCUT2D eigenvalue weighted by Crippen LogP contribution is -2.50. The fourth-order valence-corrected chi connectivity index (χ4v) is 3.65. The van der Waals surface area contributed by atoms with E-state index in [1.54, 1.807) is 19.1 Å². The summed E-state index contributed by atoms with van der Waals surface area (Å²) in [5.41, 5.74) is 0.857. The van der Waals surface area contributed by atoms with Crippen LogP contribution in [0.2, 0.25) is 5.02 Å². The summed E-state index contributed by atoms with van der Waals surface area (Å²) in [6, 6.07) is 12.1. The molecule has 0 unspecified atom stereocenters. The molecule has 1 aliphatic carbocycles. The van der Waals surface area contributed by atoms with E-state index in [1.807, 2.05) is 12.1 Å². The summed E-state index contributed by atoms with van der Waals surface area (Å²) < 4.78 is 18.6. The van der Waals surface area contributed by atoms with Crippen molar-refractivity contribution < 1.29 is 18.7 Å². The monoisotopic (exact) mass is 432 g/mol. The Morgan fingerprint density at radius 2 is 1.77 bits per heavy atom. The van der Waals surface area contributed by atoms with Crippen LogP contribution in [-0.4, -0.2) is 35.4 Å². The fraction of sp³-hybridized carbons (Fsp3) is 0.391. The number of ether oxygens (including phenoxy) is 1. The Morgan fingerprint density at radius 1 is 1.13 bits per heavy atom. The number of benzene rings is 2. The third-order valence-electron chi connectivity index (χ3n) is 5.31. The minimum atomic E-state index is -0.661. The van der Waals surface area contributed by atoms with Gasteiger partial charge in [-0.25, -0.2) is 4.39 Å². The van der Waals surface area contributed by atoms with Crippen LogP contribution in [0.25, 0.3) is 0 Å². The number of amides is 2. The molecular formula is C23H26ClFN2O3. The Balaban J connectivity index is 1.69. The van der Waals surface area contributed by atoms with E-state index < -0.39 is 6.04 Å². The van der Waals surface area contributed by atoms with Crippen LogP contribution in [-0.2, 0) is 16.1 Å². The van der Waals surface area contributed by atoms with E-state index in [9.17, 15) is 14.0 Å². The highest BCUT2D eigenvalue weighted by Gasteiger charge is 2.28. The lowest BCUT2D eigenvalue weighted by Gasteiger charge is -2.29. The molecule has 3 rings (SSSR count). The van der Waals surface area contributed by atoms with Crippen LogP contribution in [0.1, 0.15) is 38.2 Å². The van der Waals surface area contributed by atoms with Crippen molar-refractivity contribution in [3.8, 4) is 5.75 Å². The van der Waals surface area contributed by atoms with Crippen LogP contribution in [0.5, 0.6) is 5.75 Å². The van der Waals surface area contributed by atoms with Crippen molar-refractivity contribution in [2.75, 3.05) is 6.61 Å². The second-order valence-electron chi connectivity index (χ2n) is 7.56. The Morgan fingerprint density at radius 3 is 2.40 bits per heavy atom. The molecule has 0 spiro atoms. The molecule has 0 saturated heterocycles. The van der Waals surface area contributed by atoms with E-state index in [2.05, 4.69) is 5.32 Å². The minimum Gasteiger partial charge on any atom is -0.484 e. The molecule has 1 atom stereocenters. The van der Waals surface area contributed by atoms with Gasteiger partial charge in [0.15, 0.2) is 6.61 Å². The average molecular weight is 433 g/mol. The van der Waals surface area contributed by atoms with Gasteiger partial charge in [-0.15, -0.1) is 0 Å². The first-order chi connectivity index (χ1) is 14.4. The summed E-state index contributed by atoms with van der Waals surface area (Å²) in [4.78, 5) is 27.2. The number of nitrogens with zero attached hydrogens (tertiary/aromatic N) is 1. The maximum Gasteiger partial charge on any atom is 0.261 e. The summed E-state index contributed by atoms with van der Waals surface area (Å²) in [5, 5.41) is 3.65. The molecule has 7 heteroatoms. The number of rotatable bonds is 8. The van der Waals surface area contributed by atoms with E-state index in [0.717, 1.165) is 31.2 Å². The van der Waals surface area contributed by atoms with Gasteiger partial charge >= 0.3 is 0 Å². The Kier molecular flexibility index (Phi) is 7.69. The molecule has 0 aromatic heterocycles. The third kappa shape index (κ3) is 6.20. The molecule has 2 aromatic carbocycles. The number of carbonyl (C=O) groups is 2. The molecule has 1 N–H and O–H groups in total. The smallest absolute Gasteiger partial charge is 0.261 e. The predicted molar refractivity (Wildman–Crippen MR) is 114 cm³/mol. The van der Waals surface area contributed by atoms with Gasteiger partial charge < -0.3 is 15.0 Å². The Hall–Kier alpha value is -2.60. The lowest BCUT2D eigenvalue weighted by atomic mass is 10.1. The van der Waals surface area contributed by atoms with E-state index in [-0.39, 0.29) is 36.8 Å². The maximum absolute atomic E-state index is 13.1. The fourth-order valence-electron chi connectivity index (χ4n) is 3.52. The molecule has 5 nitrogen and oxygen atoms in total. The summed E-state index contributed by atoms with van der Waals surface area (Å²) in [7, 11) is 0. The zero-order valence-electron chi connectivity index (χ0n) is 16.9. The number of halogens is 2. The van der Waals surface area contributed by atoms with Gasteiger partial charge in [-0.1, -0.05) is 36.6 Å². The molecule has 2 aromatic rings. The molecule has 30 heavy (non-hydrogen) atoms. The van der Waals surface area contributed by atoms with Crippen molar-refractivity contribution in [3.05, 3.63) is 64.9 Å². The van der Waals surface area contributed by atoms with Gasteiger partial charge in [-0.05, 0) is 61.7 Å². The molecule has 0 aliphatic heterocycles. The summed E-state index contributed by atoms with van der Waals surface area (Å²) in [6.07, 6.45) is 4.16. The molecule has 2 amide bonds. The largest absolute Gasteiger partial charge is 0.484 e. The highest BCUT2D eigenvalue weighted by Crippen LogP contribution is 2.19. The van der Waals surface area contributed by atoms with Crippen molar-refractivity contribution >= 4 is 23.4 Å². The highest BCUT2D eigenvalue weighted by molar-refractivity contribution is 6.30. The van der Waals surface area contributed by atoms with Crippen LogP contribution >= 0.6 is 11.6 Å². The van der Waals surface area contributed by atoms with Gasteiger partial charge in [-0.3, -0.25) is 9.59 Å². The van der Waals surface area contributed by atoms with Crippen LogP contribution in [0.4, 0.5) is 4.39 Å². The van der Waals surface area contributed by atoms with Gasteiger partial charge in [0.1, 0.15) is 17.6 Å².